The first kappa shape index (κ1) is 24.3. The van der Waals surface area contributed by atoms with Crippen molar-refractivity contribution in [2.75, 3.05) is 13.6 Å². The zero-order valence-electron chi connectivity index (χ0n) is 18.9. The fraction of sp³-hybridized carbons (Fsp3) is 0.636. The number of hydrogen-bond acceptors (Lipinski definition) is 4. The van der Waals surface area contributed by atoms with Crippen LogP contribution in [0, 0.1) is 6.92 Å². The van der Waals surface area contributed by atoms with E-state index in [2.05, 4.69) is 33.9 Å². The molecule has 164 valence electrons. The summed E-state index contributed by atoms with van der Waals surface area (Å²) in [6, 6.07) is 6.88. The molecule has 0 radical (unpaired) electrons. The zero-order chi connectivity index (χ0) is 22.0. The molecular formula is C22H37NO4SSi. The summed E-state index contributed by atoms with van der Waals surface area (Å²) in [5, 5.41) is 11.0. The Morgan fingerprint density at radius 3 is 2.34 bits per heavy atom. The fourth-order valence-electron chi connectivity index (χ4n) is 3.18. The molecule has 1 aromatic rings. The molecule has 0 amide bonds. The zero-order valence-corrected chi connectivity index (χ0v) is 20.7. The number of aryl methyl sites for hydroxylation is 1. The third-order valence-corrected chi connectivity index (χ3v) is 12.7. The van der Waals surface area contributed by atoms with Crippen molar-refractivity contribution >= 4 is 18.3 Å². The van der Waals surface area contributed by atoms with Crippen LogP contribution in [-0.2, 0) is 14.4 Å². The van der Waals surface area contributed by atoms with Crippen LogP contribution in [0.5, 0.6) is 0 Å². The van der Waals surface area contributed by atoms with Crippen molar-refractivity contribution in [1.29, 1.82) is 0 Å². The van der Waals surface area contributed by atoms with Gasteiger partial charge in [0.1, 0.15) is 0 Å². The van der Waals surface area contributed by atoms with Crippen molar-refractivity contribution in [2.45, 2.75) is 82.2 Å². The van der Waals surface area contributed by atoms with E-state index in [9.17, 15) is 13.5 Å². The maximum absolute atomic E-state index is 12.8. The normalized spacial score (nSPS) is 21.3. The first-order valence-electron chi connectivity index (χ1n) is 10.3. The van der Waals surface area contributed by atoms with Crippen LogP contribution in [0.2, 0.25) is 18.1 Å². The Labute approximate surface area is 178 Å². The van der Waals surface area contributed by atoms with E-state index in [1.165, 1.54) is 4.31 Å². The number of aliphatic hydroxyl groups is 1. The highest BCUT2D eigenvalue weighted by molar-refractivity contribution is 7.89. The molecule has 1 aliphatic carbocycles. The summed E-state index contributed by atoms with van der Waals surface area (Å²) in [5.41, 5.74) is 1.90. The largest absolute Gasteiger partial charge is 0.411 e. The van der Waals surface area contributed by atoms with E-state index in [1.807, 2.05) is 13.0 Å². The molecule has 1 aromatic carbocycles. The summed E-state index contributed by atoms with van der Waals surface area (Å²) in [6.07, 6.45) is 3.31. The van der Waals surface area contributed by atoms with Gasteiger partial charge in [0.2, 0.25) is 10.0 Å². The SMILES string of the molecule is Cc1ccc(S(=O)(=O)N(C)CCC2=CCC[C@@H](O[Si](C)(C)C(C)(C)C)[C@H]2O)cc1. The number of nitrogens with zero attached hydrogens (tertiary/aromatic N) is 1. The minimum atomic E-state index is -3.54. The maximum atomic E-state index is 12.8. The van der Waals surface area contributed by atoms with Crippen molar-refractivity contribution in [2.24, 2.45) is 0 Å². The van der Waals surface area contributed by atoms with Crippen LogP contribution < -0.4 is 0 Å². The molecule has 5 nitrogen and oxygen atoms in total. The molecule has 0 aromatic heterocycles. The van der Waals surface area contributed by atoms with Crippen molar-refractivity contribution in [3.63, 3.8) is 0 Å². The predicted octanol–water partition coefficient (Wildman–Crippen LogP) is 4.48. The Kier molecular flexibility index (Phi) is 7.55. The number of sulfonamides is 1. The van der Waals surface area contributed by atoms with Crippen LogP contribution >= 0.6 is 0 Å². The second kappa shape index (κ2) is 9.02. The summed E-state index contributed by atoms with van der Waals surface area (Å²) < 4.78 is 33.4. The summed E-state index contributed by atoms with van der Waals surface area (Å²) in [5.74, 6) is 0. The molecule has 0 unspecified atom stereocenters. The lowest BCUT2D eigenvalue weighted by Crippen LogP contribution is -2.48. The van der Waals surface area contributed by atoms with Gasteiger partial charge in [-0.05, 0) is 62.0 Å². The third kappa shape index (κ3) is 5.79. The molecule has 29 heavy (non-hydrogen) atoms. The molecule has 1 aliphatic rings. The average Bonchev–Trinajstić information content (AvgIpc) is 2.61. The molecule has 0 saturated carbocycles. The van der Waals surface area contributed by atoms with E-state index in [1.54, 1.807) is 31.3 Å². The Balaban J connectivity index is 2.03. The van der Waals surface area contributed by atoms with Gasteiger partial charge in [-0.15, -0.1) is 0 Å². The summed E-state index contributed by atoms with van der Waals surface area (Å²) in [6.45, 7) is 13.2. The van der Waals surface area contributed by atoms with Gasteiger partial charge in [0.25, 0.3) is 0 Å². The molecule has 1 N–H and O–H groups in total. The van der Waals surface area contributed by atoms with Gasteiger partial charge in [-0.2, -0.15) is 0 Å². The molecule has 2 atom stereocenters. The van der Waals surface area contributed by atoms with Crippen LogP contribution in [0.25, 0.3) is 0 Å². The average molecular weight is 440 g/mol. The number of aliphatic hydroxyl groups excluding tert-OH is 1. The molecule has 0 aliphatic heterocycles. The van der Waals surface area contributed by atoms with Crippen molar-refractivity contribution in [3.8, 4) is 0 Å². The van der Waals surface area contributed by atoms with E-state index in [4.69, 9.17) is 4.43 Å². The summed E-state index contributed by atoms with van der Waals surface area (Å²) in [7, 11) is -3.92. The minimum absolute atomic E-state index is 0.0797. The Morgan fingerprint density at radius 1 is 1.21 bits per heavy atom. The standard InChI is InChI=1S/C22H37NO4SSi/c1-17-11-13-19(14-12-17)28(25,26)23(5)16-15-18-9-8-10-20(21(18)24)27-29(6,7)22(2,3)4/h9,11-14,20-21,24H,8,10,15-16H2,1-7H3/t20-,21+/m1/s1. The molecule has 0 heterocycles. The summed E-state index contributed by atoms with van der Waals surface area (Å²) in [4.78, 5) is 0.294. The second-order valence-electron chi connectivity index (χ2n) is 9.61. The lowest BCUT2D eigenvalue weighted by molar-refractivity contribution is 0.0370. The van der Waals surface area contributed by atoms with Crippen LogP contribution in [0.15, 0.2) is 40.8 Å². The fourth-order valence-corrected chi connectivity index (χ4v) is 5.70. The highest BCUT2D eigenvalue weighted by Crippen LogP contribution is 2.39. The topological polar surface area (TPSA) is 66.8 Å². The number of hydrogen-bond donors (Lipinski definition) is 1. The highest BCUT2D eigenvalue weighted by atomic mass is 32.2. The number of benzene rings is 1. The molecule has 0 saturated heterocycles. The van der Waals surface area contributed by atoms with Gasteiger partial charge in [-0.3, -0.25) is 0 Å². The van der Waals surface area contributed by atoms with E-state index < -0.39 is 24.4 Å². The quantitative estimate of drug-likeness (QED) is 0.502. The monoisotopic (exact) mass is 439 g/mol. The van der Waals surface area contributed by atoms with Gasteiger partial charge in [0.15, 0.2) is 8.32 Å². The van der Waals surface area contributed by atoms with E-state index in [-0.39, 0.29) is 11.1 Å². The summed E-state index contributed by atoms with van der Waals surface area (Å²) >= 11 is 0. The lowest BCUT2D eigenvalue weighted by Gasteiger charge is -2.42. The van der Waals surface area contributed by atoms with Gasteiger partial charge in [0, 0.05) is 13.6 Å². The minimum Gasteiger partial charge on any atom is -0.411 e. The van der Waals surface area contributed by atoms with Gasteiger partial charge in [-0.25, -0.2) is 12.7 Å². The van der Waals surface area contributed by atoms with Gasteiger partial charge < -0.3 is 9.53 Å². The smallest absolute Gasteiger partial charge is 0.242 e. The Bertz CT molecular complexity index is 825. The predicted molar refractivity (Wildman–Crippen MR) is 121 cm³/mol. The molecule has 0 spiro atoms. The van der Waals surface area contributed by atoms with Gasteiger partial charge >= 0.3 is 0 Å². The van der Waals surface area contributed by atoms with Crippen molar-refractivity contribution in [1.82, 2.24) is 4.31 Å². The van der Waals surface area contributed by atoms with E-state index >= 15 is 0 Å². The molecule has 0 fully saturated rings. The first-order valence-corrected chi connectivity index (χ1v) is 14.7. The second-order valence-corrected chi connectivity index (χ2v) is 16.4. The number of rotatable bonds is 7. The van der Waals surface area contributed by atoms with Crippen LogP contribution in [0.3, 0.4) is 0 Å². The maximum Gasteiger partial charge on any atom is 0.242 e. The lowest BCUT2D eigenvalue weighted by atomic mass is 9.92. The van der Waals surface area contributed by atoms with Crippen molar-refractivity contribution < 1.29 is 18.0 Å². The third-order valence-electron chi connectivity index (χ3n) is 6.29. The molecule has 2 rings (SSSR count). The molecule has 0 bridgehead atoms. The van der Waals surface area contributed by atoms with Crippen LogP contribution in [0.4, 0.5) is 0 Å². The Morgan fingerprint density at radius 2 is 1.79 bits per heavy atom. The van der Waals surface area contributed by atoms with Crippen molar-refractivity contribution in [3.05, 3.63) is 41.5 Å². The van der Waals surface area contributed by atoms with Gasteiger partial charge in [0.05, 0.1) is 17.1 Å². The van der Waals surface area contributed by atoms with Crippen LogP contribution in [-0.4, -0.2) is 51.9 Å². The van der Waals surface area contributed by atoms with Gasteiger partial charge in [-0.1, -0.05) is 44.5 Å². The molecular weight excluding hydrogens is 402 g/mol. The number of allylic oxidation sites excluding steroid dienone is 1. The van der Waals surface area contributed by atoms with E-state index in [0.29, 0.717) is 17.9 Å². The van der Waals surface area contributed by atoms with E-state index in [0.717, 1.165) is 24.0 Å². The first-order chi connectivity index (χ1) is 13.3. The van der Waals surface area contributed by atoms with Crippen LogP contribution in [0.1, 0.15) is 45.6 Å². The Hall–Kier alpha value is -0.993. The molecule has 7 heteroatoms. The highest BCUT2D eigenvalue weighted by Gasteiger charge is 2.41.